The first-order valence-electron chi connectivity index (χ1n) is 8.86. The van der Waals surface area contributed by atoms with Crippen LogP contribution in [0.25, 0.3) is 0 Å². The second kappa shape index (κ2) is 7.93. The van der Waals surface area contributed by atoms with Gasteiger partial charge in [0, 0.05) is 50.7 Å². The summed E-state index contributed by atoms with van der Waals surface area (Å²) >= 11 is 0. The van der Waals surface area contributed by atoms with Gasteiger partial charge in [-0.25, -0.2) is 0 Å². The fourth-order valence-electron chi connectivity index (χ4n) is 3.88. The lowest BCUT2D eigenvalue weighted by atomic mass is 9.95. The number of anilines is 1. The molecule has 23 heavy (non-hydrogen) atoms. The number of Topliss-reactive ketones (excluding diaryl/α,β-unsaturated/α-hetero) is 1. The van der Waals surface area contributed by atoms with Crippen molar-refractivity contribution in [2.45, 2.75) is 31.7 Å². The molecule has 0 aromatic heterocycles. The average molecular weight is 316 g/mol. The van der Waals surface area contributed by atoms with Crippen LogP contribution < -0.4 is 4.90 Å². The van der Waals surface area contributed by atoms with Crippen molar-refractivity contribution < 1.29 is 9.53 Å². The van der Waals surface area contributed by atoms with Crippen LogP contribution >= 0.6 is 0 Å². The van der Waals surface area contributed by atoms with E-state index in [1.807, 2.05) is 6.07 Å². The molecule has 2 fully saturated rings. The van der Waals surface area contributed by atoms with Crippen LogP contribution in [0.3, 0.4) is 0 Å². The van der Waals surface area contributed by atoms with E-state index >= 15 is 0 Å². The predicted octanol–water partition coefficient (Wildman–Crippen LogP) is 2.58. The first-order valence-corrected chi connectivity index (χ1v) is 8.86. The van der Waals surface area contributed by atoms with Crippen molar-refractivity contribution in [2.24, 2.45) is 5.92 Å². The van der Waals surface area contributed by atoms with Gasteiger partial charge >= 0.3 is 0 Å². The molecule has 4 nitrogen and oxygen atoms in total. The third-order valence-electron chi connectivity index (χ3n) is 5.23. The van der Waals surface area contributed by atoms with Crippen LogP contribution in [0.1, 0.15) is 25.7 Å². The molecule has 0 bridgehead atoms. The van der Waals surface area contributed by atoms with E-state index < -0.39 is 0 Å². The van der Waals surface area contributed by atoms with Crippen molar-refractivity contribution in [3.63, 3.8) is 0 Å². The quantitative estimate of drug-likeness (QED) is 0.807. The van der Waals surface area contributed by atoms with Crippen LogP contribution in [0.15, 0.2) is 30.3 Å². The van der Waals surface area contributed by atoms with Crippen molar-refractivity contribution in [3.8, 4) is 0 Å². The molecule has 0 spiro atoms. The van der Waals surface area contributed by atoms with Crippen molar-refractivity contribution >= 4 is 11.5 Å². The van der Waals surface area contributed by atoms with Gasteiger partial charge in [-0.3, -0.25) is 9.69 Å². The number of morpholine rings is 1. The van der Waals surface area contributed by atoms with Gasteiger partial charge in [-0.2, -0.15) is 0 Å². The molecule has 2 unspecified atom stereocenters. The van der Waals surface area contributed by atoms with Gasteiger partial charge in [0.2, 0.25) is 0 Å². The molecule has 4 heteroatoms. The summed E-state index contributed by atoms with van der Waals surface area (Å²) in [5.74, 6) is 0.661. The molecule has 3 rings (SSSR count). The molecule has 0 amide bonds. The molecule has 126 valence electrons. The van der Waals surface area contributed by atoms with Gasteiger partial charge in [0.1, 0.15) is 5.78 Å². The molecule has 0 N–H and O–H groups in total. The van der Waals surface area contributed by atoms with Crippen LogP contribution in [-0.4, -0.2) is 56.6 Å². The Morgan fingerprint density at radius 1 is 1.30 bits per heavy atom. The van der Waals surface area contributed by atoms with Crippen LogP contribution in [0, 0.1) is 5.92 Å². The Kier molecular flexibility index (Phi) is 5.68. The number of carbonyl (C=O) groups excluding carboxylic acids is 1. The first kappa shape index (κ1) is 16.5. The lowest BCUT2D eigenvalue weighted by molar-refractivity contribution is -0.125. The smallest absolute Gasteiger partial charge is 0.137 e. The molecule has 1 aliphatic heterocycles. The van der Waals surface area contributed by atoms with Gasteiger partial charge in [0.25, 0.3) is 0 Å². The van der Waals surface area contributed by atoms with E-state index in [4.69, 9.17) is 4.74 Å². The number of ether oxygens (including phenoxy) is 1. The van der Waals surface area contributed by atoms with Gasteiger partial charge < -0.3 is 9.64 Å². The van der Waals surface area contributed by atoms with Gasteiger partial charge in [-0.1, -0.05) is 18.2 Å². The van der Waals surface area contributed by atoms with Gasteiger partial charge in [0.15, 0.2) is 0 Å². The number of rotatable bonds is 6. The number of para-hydroxylation sites is 1. The van der Waals surface area contributed by atoms with Gasteiger partial charge in [0.05, 0.1) is 13.2 Å². The summed E-state index contributed by atoms with van der Waals surface area (Å²) in [6.45, 7) is 4.57. The Balaban J connectivity index is 1.50. The summed E-state index contributed by atoms with van der Waals surface area (Å²) in [4.78, 5) is 16.9. The van der Waals surface area contributed by atoms with Crippen LogP contribution in [0.4, 0.5) is 5.69 Å². The van der Waals surface area contributed by atoms with Crippen molar-refractivity contribution in [2.75, 3.05) is 44.8 Å². The Bertz CT molecular complexity index is 505. The second-order valence-electron chi connectivity index (χ2n) is 6.75. The molecule has 1 saturated carbocycles. The molecular weight excluding hydrogens is 288 g/mol. The van der Waals surface area contributed by atoms with Crippen molar-refractivity contribution in [1.29, 1.82) is 0 Å². The summed E-state index contributed by atoms with van der Waals surface area (Å²) in [6, 6.07) is 10.8. The molecule has 0 radical (unpaired) electrons. The molecule has 2 atom stereocenters. The monoisotopic (exact) mass is 316 g/mol. The van der Waals surface area contributed by atoms with Gasteiger partial charge in [-0.15, -0.1) is 0 Å². The van der Waals surface area contributed by atoms with E-state index in [1.165, 1.54) is 5.69 Å². The minimum atomic E-state index is 0.210. The fraction of sp³-hybridized carbons (Fsp3) is 0.632. The predicted molar refractivity (Wildman–Crippen MR) is 92.9 cm³/mol. The SMILES string of the molecule is CN(CCCN1CCOCC1C1CCCC1=O)c1ccccc1. The molecule has 1 heterocycles. The molecular formula is C19H28N2O2. The summed E-state index contributed by atoms with van der Waals surface area (Å²) in [5, 5.41) is 0. The largest absolute Gasteiger partial charge is 0.378 e. The highest BCUT2D eigenvalue weighted by Gasteiger charge is 2.37. The Labute approximate surface area is 139 Å². The Morgan fingerprint density at radius 2 is 2.13 bits per heavy atom. The average Bonchev–Trinajstić information content (AvgIpc) is 3.02. The summed E-state index contributed by atoms with van der Waals surface area (Å²) in [6.07, 6.45) is 3.99. The number of hydrogen-bond donors (Lipinski definition) is 0. The lowest BCUT2D eigenvalue weighted by Gasteiger charge is -2.38. The van der Waals surface area contributed by atoms with Crippen molar-refractivity contribution in [3.05, 3.63) is 30.3 Å². The minimum Gasteiger partial charge on any atom is -0.378 e. The van der Waals surface area contributed by atoms with Crippen LogP contribution in [0.2, 0.25) is 0 Å². The fourth-order valence-corrected chi connectivity index (χ4v) is 3.88. The standard InChI is InChI=1S/C19H28N2O2/c1-20(16-7-3-2-4-8-16)11-6-12-21-13-14-23-15-18(21)17-9-5-10-19(17)22/h2-4,7-8,17-18H,5-6,9-15H2,1H3. The van der Waals surface area contributed by atoms with E-state index in [1.54, 1.807) is 0 Å². The third kappa shape index (κ3) is 4.12. The van der Waals surface area contributed by atoms with E-state index in [9.17, 15) is 4.79 Å². The topological polar surface area (TPSA) is 32.8 Å². The number of carbonyl (C=O) groups is 1. The number of ketones is 1. The molecule has 1 aromatic rings. The maximum atomic E-state index is 12.1. The molecule has 2 aliphatic rings. The zero-order valence-electron chi connectivity index (χ0n) is 14.1. The van der Waals surface area contributed by atoms with Gasteiger partial charge in [-0.05, 0) is 31.4 Å². The zero-order chi connectivity index (χ0) is 16.1. The van der Waals surface area contributed by atoms with Crippen molar-refractivity contribution in [1.82, 2.24) is 4.90 Å². The first-order chi connectivity index (χ1) is 11.3. The molecule has 1 saturated heterocycles. The Hall–Kier alpha value is -1.39. The number of hydrogen-bond acceptors (Lipinski definition) is 4. The van der Waals surface area contributed by atoms with Crippen LogP contribution in [0.5, 0.6) is 0 Å². The van der Waals surface area contributed by atoms with E-state index in [0.717, 1.165) is 58.5 Å². The molecule has 1 aromatic carbocycles. The highest BCUT2D eigenvalue weighted by Crippen LogP contribution is 2.29. The Morgan fingerprint density at radius 3 is 2.87 bits per heavy atom. The highest BCUT2D eigenvalue weighted by atomic mass is 16.5. The third-order valence-corrected chi connectivity index (χ3v) is 5.23. The van der Waals surface area contributed by atoms with Crippen LogP contribution in [-0.2, 0) is 9.53 Å². The maximum Gasteiger partial charge on any atom is 0.137 e. The summed E-state index contributed by atoms with van der Waals surface area (Å²) in [7, 11) is 2.15. The lowest BCUT2D eigenvalue weighted by Crippen LogP contribution is -2.51. The number of benzene rings is 1. The molecule has 1 aliphatic carbocycles. The highest BCUT2D eigenvalue weighted by molar-refractivity contribution is 5.83. The minimum absolute atomic E-state index is 0.210. The maximum absolute atomic E-state index is 12.1. The van der Waals surface area contributed by atoms with E-state index in [-0.39, 0.29) is 5.92 Å². The number of nitrogens with zero attached hydrogens (tertiary/aromatic N) is 2. The second-order valence-corrected chi connectivity index (χ2v) is 6.75. The van der Waals surface area contributed by atoms with E-state index in [0.29, 0.717) is 11.8 Å². The summed E-state index contributed by atoms with van der Waals surface area (Å²) < 4.78 is 5.67. The zero-order valence-corrected chi connectivity index (χ0v) is 14.1. The van der Waals surface area contributed by atoms with E-state index in [2.05, 4.69) is 41.1 Å². The summed E-state index contributed by atoms with van der Waals surface area (Å²) in [5.41, 5.74) is 1.26. The normalized spacial score (nSPS) is 25.7.